The Morgan fingerprint density at radius 3 is 2.09 bits per heavy atom. The molecule has 0 atom stereocenters. The summed E-state index contributed by atoms with van der Waals surface area (Å²) in [4.78, 5) is 49.5. The zero-order valence-electron chi connectivity index (χ0n) is 11.0. The fourth-order valence-electron chi connectivity index (χ4n) is 1.51. The molecule has 128 valence electrons. The zero-order chi connectivity index (χ0) is 15.0. The third-order valence-corrected chi connectivity index (χ3v) is 2.53. The third-order valence-electron chi connectivity index (χ3n) is 2.53. The number of ether oxygens (including phenoxy) is 1. The van der Waals surface area contributed by atoms with Gasteiger partial charge in [0.25, 0.3) is 11.8 Å². The van der Waals surface area contributed by atoms with Crippen LogP contribution in [-0.2, 0) is 28.8 Å². The van der Waals surface area contributed by atoms with Gasteiger partial charge in [-0.2, -0.15) is 0 Å². The maximum Gasteiger partial charge on any atom is 0.333 e. The molecule has 0 aliphatic carbocycles. The van der Waals surface area contributed by atoms with Crippen molar-refractivity contribution in [2.24, 2.45) is 0 Å². The summed E-state index contributed by atoms with van der Waals surface area (Å²) in [5.74, 6) is -2.28. The molecule has 8 heteroatoms. The lowest BCUT2D eigenvalue weighted by atomic mass is 10.2. The second-order valence-electron chi connectivity index (χ2n) is 4.20. The Morgan fingerprint density at radius 2 is 1.55 bits per heavy atom. The Kier molecular flexibility index (Phi) is 11.8. The number of rotatable bonds is 8. The highest BCUT2D eigenvalue weighted by molar-refractivity contribution is 6.01. The summed E-state index contributed by atoms with van der Waals surface area (Å²) >= 11 is 0. The summed E-state index contributed by atoms with van der Waals surface area (Å²) in [5, 5.41) is 8.97. The lowest BCUT2D eigenvalue weighted by Crippen LogP contribution is -2.32. The molecular formula is C14H25NO7. The van der Waals surface area contributed by atoms with E-state index in [-0.39, 0.29) is 60.2 Å². The number of imide groups is 1. The summed E-state index contributed by atoms with van der Waals surface area (Å²) in [6.45, 7) is 0.0774. The molecule has 0 unspecified atom stereocenters. The summed E-state index contributed by atoms with van der Waals surface area (Å²) < 4.78 is 4.76. The minimum Gasteiger partial charge on any atom is -0.466 e. The molecule has 1 aliphatic heterocycles. The van der Waals surface area contributed by atoms with E-state index in [9.17, 15) is 19.2 Å². The molecule has 1 aliphatic rings. The lowest BCUT2D eigenvalue weighted by molar-refractivity contribution is -0.197. The van der Waals surface area contributed by atoms with Crippen LogP contribution in [0.4, 0.5) is 0 Å². The number of carbonyl (C=O) groups excluding carboxylic acids is 4. The molecule has 0 radical (unpaired) electrons. The highest BCUT2D eigenvalue weighted by Crippen LogP contribution is 2.13. The van der Waals surface area contributed by atoms with Crippen molar-refractivity contribution in [1.82, 2.24) is 5.06 Å². The number of carbonyl (C=O) groups is 4. The van der Waals surface area contributed by atoms with E-state index in [0.29, 0.717) is 11.5 Å². The summed E-state index contributed by atoms with van der Waals surface area (Å²) in [6, 6.07) is 0. The Labute approximate surface area is 130 Å². The molecule has 1 rings (SSSR count). The third kappa shape index (κ3) is 7.72. The minimum atomic E-state index is -0.739. The van der Waals surface area contributed by atoms with Gasteiger partial charge in [-0.05, 0) is 6.42 Å². The van der Waals surface area contributed by atoms with E-state index in [2.05, 4.69) is 4.84 Å². The SMILES string of the molecule is C.C.O=C(CCCC(=O)ON1C(=O)CCC1=O)OCCCO. The highest BCUT2D eigenvalue weighted by Gasteiger charge is 2.32. The number of aliphatic hydroxyl groups is 1. The predicted molar refractivity (Wildman–Crippen MR) is 77.2 cm³/mol. The van der Waals surface area contributed by atoms with Gasteiger partial charge in [-0.25, -0.2) is 4.79 Å². The van der Waals surface area contributed by atoms with Gasteiger partial charge in [-0.1, -0.05) is 14.9 Å². The van der Waals surface area contributed by atoms with Gasteiger partial charge in [0.2, 0.25) is 0 Å². The molecule has 0 aromatic carbocycles. The van der Waals surface area contributed by atoms with Crippen molar-refractivity contribution in [2.75, 3.05) is 13.2 Å². The predicted octanol–water partition coefficient (Wildman–Crippen LogP) is 0.962. The van der Waals surface area contributed by atoms with Crippen LogP contribution in [0.1, 0.15) is 53.4 Å². The van der Waals surface area contributed by atoms with E-state index >= 15 is 0 Å². The van der Waals surface area contributed by atoms with Crippen LogP contribution in [0, 0.1) is 0 Å². The van der Waals surface area contributed by atoms with Crippen molar-refractivity contribution >= 4 is 23.8 Å². The van der Waals surface area contributed by atoms with Gasteiger partial charge in [-0.15, -0.1) is 5.06 Å². The van der Waals surface area contributed by atoms with Crippen molar-refractivity contribution in [1.29, 1.82) is 0 Å². The lowest BCUT2D eigenvalue weighted by Gasteiger charge is -2.12. The molecule has 0 saturated carbocycles. The van der Waals surface area contributed by atoms with E-state index in [1.54, 1.807) is 0 Å². The van der Waals surface area contributed by atoms with Crippen LogP contribution in [0.2, 0.25) is 0 Å². The molecule has 0 aromatic heterocycles. The topological polar surface area (TPSA) is 110 Å². The molecule has 1 saturated heterocycles. The van der Waals surface area contributed by atoms with Gasteiger partial charge in [0.1, 0.15) is 0 Å². The minimum absolute atomic E-state index is 0. The second-order valence-corrected chi connectivity index (χ2v) is 4.20. The Morgan fingerprint density at radius 1 is 1.00 bits per heavy atom. The summed E-state index contributed by atoms with van der Waals surface area (Å²) in [6.07, 6.45) is 0.598. The average molecular weight is 319 g/mol. The molecule has 1 fully saturated rings. The standard InChI is InChI=1S/C12H17NO7.2CH4/c14-7-2-8-19-11(17)3-1-4-12(18)20-13-9(15)5-6-10(13)16;;/h14H,1-8H2;2*1H4. The van der Waals surface area contributed by atoms with Crippen molar-refractivity contribution in [2.45, 2.75) is 53.4 Å². The number of hydrogen-bond donors (Lipinski definition) is 1. The Bertz CT molecular complexity index is 379. The maximum atomic E-state index is 11.4. The van der Waals surface area contributed by atoms with Gasteiger partial charge in [-0.3, -0.25) is 14.4 Å². The molecule has 1 N–H and O–H groups in total. The van der Waals surface area contributed by atoms with Crippen LogP contribution in [0.25, 0.3) is 0 Å². The molecule has 1 heterocycles. The van der Waals surface area contributed by atoms with Gasteiger partial charge in [0, 0.05) is 38.7 Å². The van der Waals surface area contributed by atoms with Gasteiger partial charge in [0.05, 0.1) is 6.61 Å². The van der Waals surface area contributed by atoms with Crippen LogP contribution >= 0.6 is 0 Å². The first-order chi connectivity index (χ1) is 9.54. The number of nitrogens with zero attached hydrogens (tertiary/aromatic N) is 1. The van der Waals surface area contributed by atoms with E-state index in [1.165, 1.54) is 0 Å². The number of amides is 2. The van der Waals surface area contributed by atoms with Crippen LogP contribution < -0.4 is 0 Å². The molecule has 0 bridgehead atoms. The summed E-state index contributed by atoms with van der Waals surface area (Å²) in [5.41, 5.74) is 0. The van der Waals surface area contributed by atoms with Crippen LogP contribution in [0.5, 0.6) is 0 Å². The summed E-state index contributed by atoms with van der Waals surface area (Å²) in [7, 11) is 0. The number of esters is 1. The molecule has 22 heavy (non-hydrogen) atoms. The van der Waals surface area contributed by atoms with Gasteiger partial charge >= 0.3 is 11.9 Å². The van der Waals surface area contributed by atoms with Gasteiger partial charge < -0.3 is 14.7 Å². The normalized spacial score (nSPS) is 13.2. The first-order valence-electron chi connectivity index (χ1n) is 6.37. The maximum absolute atomic E-state index is 11.4. The quantitative estimate of drug-likeness (QED) is 0.403. The number of hydrogen-bond acceptors (Lipinski definition) is 7. The molecule has 0 spiro atoms. The highest BCUT2D eigenvalue weighted by atomic mass is 16.7. The van der Waals surface area contributed by atoms with Crippen molar-refractivity contribution in [3.8, 4) is 0 Å². The van der Waals surface area contributed by atoms with E-state index in [0.717, 1.165) is 0 Å². The molecule has 0 aromatic rings. The molecular weight excluding hydrogens is 294 g/mol. The van der Waals surface area contributed by atoms with E-state index in [1.807, 2.05) is 0 Å². The van der Waals surface area contributed by atoms with E-state index < -0.39 is 23.8 Å². The zero-order valence-corrected chi connectivity index (χ0v) is 11.0. The number of hydroxylamine groups is 2. The van der Waals surface area contributed by atoms with Crippen molar-refractivity contribution < 1.29 is 33.9 Å². The second kappa shape index (κ2) is 11.7. The van der Waals surface area contributed by atoms with Crippen LogP contribution in [-0.4, -0.2) is 47.1 Å². The first kappa shape index (κ1) is 22.3. The largest absolute Gasteiger partial charge is 0.466 e. The Balaban J connectivity index is 0. The van der Waals surface area contributed by atoms with Crippen molar-refractivity contribution in [3.63, 3.8) is 0 Å². The molecule has 8 nitrogen and oxygen atoms in total. The monoisotopic (exact) mass is 319 g/mol. The Hall–Kier alpha value is -1.96. The first-order valence-corrected chi connectivity index (χ1v) is 6.37. The fourth-order valence-corrected chi connectivity index (χ4v) is 1.51. The number of aliphatic hydroxyl groups excluding tert-OH is 1. The van der Waals surface area contributed by atoms with Crippen molar-refractivity contribution in [3.05, 3.63) is 0 Å². The van der Waals surface area contributed by atoms with E-state index in [4.69, 9.17) is 9.84 Å². The fraction of sp³-hybridized carbons (Fsp3) is 0.714. The van der Waals surface area contributed by atoms with Crippen LogP contribution in [0.15, 0.2) is 0 Å². The average Bonchev–Trinajstić information content (AvgIpc) is 2.71. The van der Waals surface area contributed by atoms with Gasteiger partial charge in [0.15, 0.2) is 0 Å². The molecule has 2 amide bonds. The smallest absolute Gasteiger partial charge is 0.333 e. The van der Waals surface area contributed by atoms with Crippen LogP contribution in [0.3, 0.4) is 0 Å².